The number of benzene rings is 5. The van der Waals surface area contributed by atoms with Gasteiger partial charge in [-0.1, -0.05) is 0 Å². The molecule has 5 aromatic rings. The van der Waals surface area contributed by atoms with Crippen LogP contribution in [0.25, 0.3) is 0 Å². The number of nitrogens with zero attached hydrogens (tertiary/aromatic N) is 2. The summed E-state index contributed by atoms with van der Waals surface area (Å²) in [7, 11) is 0.937. The largest absolute Gasteiger partial charge is 0.487 e. The van der Waals surface area contributed by atoms with Gasteiger partial charge in [0.15, 0.2) is 13.2 Å². The van der Waals surface area contributed by atoms with Gasteiger partial charge in [-0.05, 0) is 126 Å². The van der Waals surface area contributed by atoms with Gasteiger partial charge in [-0.2, -0.15) is 202 Å². The third kappa shape index (κ3) is 15.7. The van der Waals surface area contributed by atoms with Crippen molar-refractivity contribution in [2.24, 2.45) is 9.98 Å². The zero-order valence-corrected chi connectivity index (χ0v) is 54.1. The summed E-state index contributed by atoms with van der Waals surface area (Å²) < 4.78 is 658. The first-order chi connectivity index (χ1) is 51.6. The van der Waals surface area contributed by atoms with E-state index in [4.69, 9.17) is 9.47 Å². The Kier molecular flexibility index (Phi) is 25.3. The molecule has 0 atom stereocenters. The predicted molar refractivity (Wildman–Crippen MR) is 290 cm³/mol. The van der Waals surface area contributed by atoms with Crippen LogP contribution in [0.3, 0.4) is 0 Å². The number of hydrogen-bond donors (Lipinski definition) is 0. The molecular formula is C60H28F46N2O8. The monoisotopic (exact) mass is 1780 g/mol. The number of methoxy groups -OCH3 is 1. The summed E-state index contributed by atoms with van der Waals surface area (Å²) in [6.07, 6.45) is -14.3. The standard InChI is InChI=1S/C60H28F46N2O8/c1-112-36(109)29-18-30(107-21-25-2-10-34(11-3-25)115-37(110)27-6-14-32(15-7-27)113-23-39(61,62)41(65,66)43(69,70)45(73,74)47(77,78)49(81,82)51(85,86)53(89,90)55(93,94)57(97,98)59(101,102)103)20-31(19-29)108-22-26-4-12-35(13-5-26)116-38(111)28-8-16-33(17-9-28)114-24-40(63,64)42(67,68)44(71,72)46(75,76)48(79,80)50(83,84)52(87,88)54(91,92)56(95,96)58(99,100)60(104,105)106/h2-22H,23-24H2,1H3. The van der Waals surface area contributed by atoms with E-state index in [-0.39, 0.29) is 63.8 Å². The highest BCUT2D eigenvalue weighted by atomic mass is 19.5. The summed E-state index contributed by atoms with van der Waals surface area (Å²) in [5.74, 6) is -187. The van der Waals surface area contributed by atoms with Crippen molar-refractivity contribution in [2.75, 3.05) is 20.3 Å². The third-order valence-corrected chi connectivity index (χ3v) is 15.2. The van der Waals surface area contributed by atoms with Crippen LogP contribution in [-0.4, -0.2) is 181 Å². The van der Waals surface area contributed by atoms with E-state index in [9.17, 15) is 216 Å². The highest BCUT2D eigenvalue weighted by Gasteiger charge is 3.01. The Morgan fingerprint density at radius 1 is 0.259 bits per heavy atom. The predicted octanol–water partition coefficient (Wildman–Crippen LogP) is 22.0. The van der Waals surface area contributed by atoms with E-state index in [0.717, 1.165) is 80.2 Å². The van der Waals surface area contributed by atoms with E-state index in [1.54, 1.807) is 0 Å². The Bertz CT molecular complexity index is 4150. The number of carbonyl (C=O) groups is 3. The van der Waals surface area contributed by atoms with Gasteiger partial charge in [0.2, 0.25) is 0 Å². The molecule has 0 saturated heterocycles. The second-order valence-electron chi connectivity index (χ2n) is 23.0. The fourth-order valence-corrected chi connectivity index (χ4v) is 8.33. The van der Waals surface area contributed by atoms with Gasteiger partial charge in [0.25, 0.3) is 0 Å². The second-order valence-corrected chi connectivity index (χ2v) is 23.0. The third-order valence-electron chi connectivity index (χ3n) is 15.2. The van der Waals surface area contributed by atoms with Crippen LogP contribution >= 0.6 is 0 Å². The molecule has 648 valence electrons. The molecule has 10 nitrogen and oxygen atoms in total. The van der Waals surface area contributed by atoms with E-state index < -0.39 is 185 Å². The number of hydrogen-bond acceptors (Lipinski definition) is 10. The topological polar surface area (TPSA) is 122 Å². The lowest BCUT2D eigenvalue weighted by Gasteiger charge is -2.45. The smallest absolute Gasteiger partial charge is 0.460 e. The molecule has 0 aliphatic heterocycles. The summed E-state index contributed by atoms with van der Waals surface area (Å²) in [6.45, 7) is -7.02. The number of aliphatic imine (C=N–C) groups is 2. The van der Waals surface area contributed by atoms with E-state index in [1.165, 1.54) is 6.07 Å². The number of alkyl halides is 46. The van der Waals surface area contributed by atoms with E-state index in [1.807, 2.05) is 0 Å². The van der Waals surface area contributed by atoms with Crippen LogP contribution in [0, 0.1) is 0 Å². The molecule has 0 unspecified atom stereocenters. The maximum absolute atomic E-state index is 14.5. The molecule has 5 rings (SSSR count). The molecule has 0 spiro atoms. The first-order valence-electron chi connectivity index (χ1n) is 28.7. The molecule has 56 heteroatoms. The molecule has 0 heterocycles. The molecule has 0 aliphatic rings. The quantitative estimate of drug-likeness (QED) is 0.0176. The molecule has 0 fully saturated rings. The van der Waals surface area contributed by atoms with Crippen molar-refractivity contribution in [1.29, 1.82) is 0 Å². The Morgan fingerprint density at radius 3 is 0.681 bits per heavy atom. The number of rotatable bonds is 33. The molecule has 0 bridgehead atoms. The minimum atomic E-state index is -9.60. The summed E-state index contributed by atoms with van der Waals surface area (Å²) in [5, 5.41) is 0. The van der Waals surface area contributed by atoms with Crippen LogP contribution in [0.1, 0.15) is 42.2 Å². The molecular weight excluding hydrogens is 1750 g/mol. The molecule has 0 saturated carbocycles. The molecule has 0 radical (unpaired) electrons. The fourth-order valence-electron chi connectivity index (χ4n) is 8.33. The molecule has 5 aromatic carbocycles. The van der Waals surface area contributed by atoms with Crippen molar-refractivity contribution >= 4 is 41.7 Å². The summed E-state index contributed by atoms with van der Waals surface area (Å²) >= 11 is 0. The SMILES string of the molecule is COC(=O)c1cc(N=Cc2ccc(OC(=O)c3ccc(OCC(F)(F)C(F)(F)C(F)(F)C(F)(F)C(F)(F)C(F)(F)C(F)(F)C(F)(F)C(F)(F)C(F)(F)C(F)(F)F)cc3)cc2)cc(N=Cc2ccc(OC(=O)c3ccc(OCC(F)(F)C(F)(F)C(F)(F)C(F)(F)C(F)(F)C(F)(F)C(F)(F)C(F)(F)C(F)(F)C(F)(F)C(F)(F)F)cc3)cc2)c1. The number of esters is 3. The minimum Gasteiger partial charge on any atom is -0.487 e. The lowest BCUT2D eigenvalue weighted by Crippen LogP contribution is -2.77. The van der Waals surface area contributed by atoms with Crippen LogP contribution in [0.5, 0.6) is 23.0 Å². The average Bonchev–Trinajstić information content (AvgIpc) is 0.687. The maximum Gasteiger partial charge on any atom is 0.460 e. The van der Waals surface area contributed by atoms with E-state index >= 15 is 0 Å². The van der Waals surface area contributed by atoms with Crippen molar-refractivity contribution in [3.8, 4) is 23.0 Å². The van der Waals surface area contributed by atoms with Gasteiger partial charge < -0.3 is 23.7 Å². The highest BCUT2D eigenvalue weighted by molar-refractivity contribution is 5.94. The summed E-state index contributed by atoms with van der Waals surface area (Å²) in [4.78, 5) is 46.3. The van der Waals surface area contributed by atoms with Crippen LogP contribution in [-0.2, 0) is 4.74 Å². The van der Waals surface area contributed by atoms with Crippen LogP contribution in [0.4, 0.5) is 213 Å². The number of halogens is 46. The van der Waals surface area contributed by atoms with Gasteiger partial charge in [0.1, 0.15) is 23.0 Å². The molecule has 116 heavy (non-hydrogen) atoms. The number of ether oxygens (including phenoxy) is 5. The zero-order chi connectivity index (χ0) is 90.3. The van der Waals surface area contributed by atoms with Crippen LogP contribution in [0.2, 0.25) is 0 Å². The Labute approximate surface area is 608 Å². The van der Waals surface area contributed by atoms with Crippen molar-refractivity contribution in [1.82, 2.24) is 0 Å². The first-order valence-corrected chi connectivity index (χ1v) is 28.7. The van der Waals surface area contributed by atoms with Gasteiger partial charge in [0.05, 0.1) is 35.2 Å². The first kappa shape index (κ1) is 96.8. The van der Waals surface area contributed by atoms with Crippen molar-refractivity contribution < 1.29 is 240 Å². The fraction of sp³-hybridized carbons (Fsp3) is 0.417. The van der Waals surface area contributed by atoms with Gasteiger partial charge >= 0.3 is 149 Å². The summed E-state index contributed by atoms with van der Waals surface area (Å²) in [6, 6.07) is 15.0. The Balaban J connectivity index is 1.21. The van der Waals surface area contributed by atoms with E-state index in [2.05, 4.69) is 24.2 Å². The highest BCUT2D eigenvalue weighted by Crippen LogP contribution is 2.70. The van der Waals surface area contributed by atoms with Crippen molar-refractivity contribution in [3.63, 3.8) is 0 Å². The Hall–Kier alpha value is -9.77. The van der Waals surface area contributed by atoms with Crippen LogP contribution in [0.15, 0.2) is 125 Å². The molecule has 0 aromatic heterocycles. The normalized spacial score (nSPS) is 15.0. The second kappa shape index (κ2) is 30.3. The molecule has 0 amide bonds. The number of carbonyl (C=O) groups excluding carboxylic acids is 3. The van der Waals surface area contributed by atoms with Gasteiger partial charge in [0, 0.05) is 12.4 Å². The lowest BCUT2D eigenvalue weighted by molar-refractivity contribution is -0.478. The molecule has 0 N–H and O–H groups in total. The van der Waals surface area contributed by atoms with Gasteiger partial charge in [-0.15, -0.1) is 0 Å². The van der Waals surface area contributed by atoms with Gasteiger partial charge in [-0.25, -0.2) is 14.4 Å². The zero-order valence-electron chi connectivity index (χ0n) is 54.1. The van der Waals surface area contributed by atoms with Crippen molar-refractivity contribution in [3.05, 3.63) is 143 Å². The van der Waals surface area contributed by atoms with Gasteiger partial charge in [-0.3, -0.25) is 9.98 Å². The molecule has 0 aliphatic carbocycles. The summed E-state index contributed by atoms with van der Waals surface area (Å²) in [5.41, 5.74) is -1.54. The average molecular weight is 1780 g/mol. The Morgan fingerprint density at radius 2 is 0.466 bits per heavy atom. The minimum absolute atomic E-state index is 0.0810. The van der Waals surface area contributed by atoms with Crippen LogP contribution < -0.4 is 18.9 Å². The maximum atomic E-state index is 14.5. The lowest BCUT2D eigenvalue weighted by atomic mass is 9.85. The van der Waals surface area contributed by atoms with Crippen molar-refractivity contribution in [2.45, 2.75) is 131 Å². The van der Waals surface area contributed by atoms with E-state index in [0.29, 0.717) is 24.3 Å².